The van der Waals surface area contributed by atoms with E-state index < -0.39 is 0 Å². The first kappa shape index (κ1) is 24.9. The van der Waals surface area contributed by atoms with Crippen molar-refractivity contribution in [1.29, 1.82) is 0 Å². The SMILES string of the molecule is CCNC(=NCc1ccc(Br)cc1Cl)N1CCC(OCCCOC)CC1.I. The number of methoxy groups -OCH3 is 1. The summed E-state index contributed by atoms with van der Waals surface area (Å²) in [5.74, 6) is 0.948. The molecule has 1 aromatic carbocycles. The van der Waals surface area contributed by atoms with Crippen LogP contribution in [0.5, 0.6) is 0 Å². The van der Waals surface area contributed by atoms with Crippen molar-refractivity contribution in [3.63, 3.8) is 0 Å². The molecule has 154 valence electrons. The van der Waals surface area contributed by atoms with E-state index in [0.717, 1.165) is 73.1 Å². The highest BCUT2D eigenvalue weighted by Gasteiger charge is 2.21. The van der Waals surface area contributed by atoms with Gasteiger partial charge in [0.25, 0.3) is 0 Å². The van der Waals surface area contributed by atoms with Gasteiger partial charge in [0.1, 0.15) is 0 Å². The molecule has 0 amide bonds. The molecule has 0 radical (unpaired) electrons. The third-order valence-corrected chi connectivity index (χ3v) is 5.18. The van der Waals surface area contributed by atoms with Crippen molar-refractivity contribution >= 4 is 57.5 Å². The van der Waals surface area contributed by atoms with Crippen LogP contribution in [0, 0.1) is 0 Å². The molecule has 1 saturated heterocycles. The van der Waals surface area contributed by atoms with Gasteiger partial charge in [-0.05, 0) is 43.9 Å². The first-order valence-corrected chi connectivity index (χ1v) is 10.4. The van der Waals surface area contributed by atoms with Crippen LogP contribution in [0.4, 0.5) is 0 Å². The lowest BCUT2D eigenvalue weighted by Crippen LogP contribution is -2.47. The van der Waals surface area contributed by atoms with Crippen LogP contribution >= 0.6 is 51.5 Å². The number of hydrogen-bond donors (Lipinski definition) is 1. The smallest absolute Gasteiger partial charge is 0.194 e. The average Bonchev–Trinajstić information content (AvgIpc) is 2.64. The number of piperidine rings is 1. The highest BCUT2D eigenvalue weighted by atomic mass is 127. The molecule has 1 aliphatic rings. The number of halogens is 3. The van der Waals surface area contributed by atoms with Gasteiger partial charge in [0.15, 0.2) is 5.96 Å². The van der Waals surface area contributed by atoms with E-state index >= 15 is 0 Å². The third kappa shape index (κ3) is 8.85. The summed E-state index contributed by atoms with van der Waals surface area (Å²) in [6.45, 7) is 6.95. The van der Waals surface area contributed by atoms with Crippen molar-refractivity contribution in [2.45, 2.75) is 38.8 Å². The van der Waals surface area contributed by atoms with E-state index in [2.05, 4.69) is 33.1 Å². The molecule has 27 heavy (non-hydrogen) atoms. The van der Waals surface area contributed by atoms with Crippen molar-refractivity contribution in [2.24, 2.45) is 4.99 Å². The highest BCUT2D eigenvalue weighted by Crippen LogP contribution is 2.22. The molecule has 2 rings (SSSR count). The molecular formula is C19H30BrClIN3O2. The Morgan fingerprint density at radius 2 is 2.07 bits per heavy atom. The number of guanidine groups is 1. The van der Waals surface area contributed by atoms with Crippen molar-refractivity contribution in [2.75, 3.05) is 40.0 Å². The number of hydrogen-bond acceptors (Lipinski definition) is 3. The molecule has 0 aromatic heterocycles. The molecule has 0 bridgehead atoms. The predicted molar refractivity (Wildman–Crippen MR) is 126 cm³/mol. The Bertz CT molecular complexity index is 584. The Kier molecular flexibility index (Phi) is 12.9. The van der Waals surface area contributed by atoms with Gasteiger partial charge in [-0.1, -0.05) is 33.6 Å². The van der Waals surface area contributed by atoms with Gasteiger partial charge in [-0.2, -0.15) is 0 Å². The monoisotopic (exact) mass is 573 g/mol. The zero-order chi connectivity index (χ0) is 18.8. The lowest BCUT2D eigenvalue weighted by Gasteiger charge is -2.34. The van der Waals surface area contributed by atoms with Crippen LogP contribution in [0.25, 0.3) is 0 Å². The van der Waals surface area contributed by atoms with Crippen LogP contribution in [0.15, 0.2) is 27.7 Å². The number of nitrogens with zero attached hydrogens (tertiary/aromatic N) is 2. The molecule has 5 nitrogen and oxygen atoms in total. The number of benzene rings is 1. The quantitative estimate of drug-likeness (QED) is 0.212. The van der Waals surface area contributed by atoms with Crippen LogP contribution in [0.1, 0.15) is 31.7 Å². The van der Waals surface area contributed by atoms with Crippen LogP contribution in [0.2, 0.25) is 5.02 Å². The topological polar surface area (TPSA) is 46.1 Å². The summed E-state index contributed by atoms with van der Waals surface area (Å²) >= 11 is 9.74. The maximum Gasteiger partial charge on any atom is 0.194 e. The van der Waals surface area contributed by atoms with Crippen LogP contribution in [-0.4, -0.2) is 56.9 Å². The maximum atomic E-state index is 6.31. The number of rotatable bonds is 8. The molecule has 1 heterocycles. The molecule has 1 aromatic rings. The number of nitrogens with one attached hydrogen (secondary N) is 1. The average molecular weight is 575 g/mol. The molecule has 1 N–H and O–H groups in total. The first-order valence-electron chi connectivity index (χ1n) is 9.21. The van der Waals surface area contributed by atoms with Crippen LogP contribution in [0.3, 0.4) is 0 Å². The normalized spacial score (nSPS) is 15.6. The maximum absolute atomic E-state index is 6.31. The molecule has 1 fully saturated rings. The van der Waals surface area contributed by atoms with Gasteiger partial charge in [0.2, 0.25) is 0 Å². The fourth-order valence-corrected chi connectivity index (χ4v) is 3.66. The van der Waals surface area contributed by atoms with E-state index in [1.54, 1.807) is 7.11 Å². The standard InChI is InChI=1S/C19H29BrClN3O2.HI/c1-3-22-19(23-14-15-5-6-16(20)13-18(15)21)24-9-7-17(8-10-24)26-12-4-11-25-2;/h5-6,13,17H,3-4,7-12,14H2,1-2H3,(H,22,23);1H. The fourth-order valence-electron chi connectivity index (χ4n) is 2.92. The van der Waals surface area contributed by atoms with Gasteiger partial charge in [0.05, 0.1) is 12.6 Å². The van der Waals surface area contributed by atoms with Crippen molar-refractivity contribution in [3.8, 4) is 0 Å². The second-order valence-corrected chi connectivity index (χ2v) is 7.63. The molecule has 0 saturated carbocycles. The van der Waals surface area contributed by atoms with E-state index in [4.69, 9.17) is 26.1 Å². The molecule has 0 unspecified atom stereocenters. The Hall–Kier alpha value is -0.0900. The Morgan fingerprint density at radius 1 is 1.33 bits per heavy atom. The predicted octanol–water partition coefficient (Wildman–Crippen LogP) is 4.70. The van der Waals surface area contributed by atoms with E-state index in [0.29, 0.717) is 12.6 Å². The summed E-state index contributed by atoms with van der Waals surface area (Å²) in [5.41, 5.74) is 1.03. The van der Waals surface area contributed by atoms with Gasteiger partial charge < -0.3 is 19.7 Å². The third-order valence-electron chi connectivity index (χ3n) is 4.34. The van der Waals surface area contributed by atoms with Gasteiger partial charge in [-0.25, -0.2) is 4.99 Å². The van der Waals surface area contributed by atoms with Crippen LogP contribution in [-0.2, 0) is 16.0 Å². The number of ether oxygens (including phenoxy) is 2. The summed E-state index contributed by atoms with van der Waals surface area (Å²) in [6.07, 6.45) is 3.34. The second-order valence-electron chi connectivity index (χ2n) is 6.31. The Balaban J connectivity index is 0.00000364. The summed E-state index contributed by atoms with van der Waals surface area (Å²) in [4.78, 5) is 7.09. The lowest BCUT2D eigenvalue weighted by atomic mass is 10.1. The molecule has 1 aliphatic heterocycles. The zero-order valence-corrected chi connectivity index (χ0v) is 20.7. The van der Waals surface area contributed by atoms with Crippen LogP contribution < -0.4 is 5.32 Å². The number of aliphatic imine (C=N–C) groups is 1. The molecule has 8 heteroatoms. The van der Waals surface area contributed by atoms with E-state index in [1.165, 1.54) is 0 Å². The van der Waals surface area contributed by atoms with Crippen molar-refractivity contribution < 1.29 is 9.47 Å². The number of likely N-dealkylation sites (tertiary alicyclic amines) is 1. The lowest BCUT2D eigenvalue weighted by molar-refractivity contribution is 0.00990. The van der Waals surface area contributed by atoms with E-state index in [9.17, 15) is 0 Å². The van der Waals surface area contributed by atoms with Gasteiger partial charge in [0, 0.05) is 49.5 Å². The minimum absolute atomic E-state index is 0. The summed E-state index contributed by atoms with van der Waals surface area (Å²) in [6, 6.07) is 5.92. The Labute approximate surface area is 193 Å². The van der Waals surface area contributed by atoms with Gasteiger partial charge >= 0.3 is 0 Å². The largest absolute Gasteiger partial charge is 0.385 e. The second kappa shape index (κ2) is 14.0. The minimum atomic E-state index is 0. The van der Waals surface area contributed by atoms with Gasteiger partial charge in [-0.3, -0.25) is 0 Å². The minimum Gasteiger partial charge on any atom is -0.385 e. The molecule has 0 atom stereocenters. The van der Waals surface area contributed by atoms with E-state index in [1.807, 2.05) is 18.2 Å². The highest BCUT2D eigenvalue weighted by molar-refractivity contribution is 14.0. The molecule has 0 spiro atoms. The van der Waals surface area contributed by atoms with Gasteiger partial charge in [-0.15, -0.1) is 24.0 Å². The summed E-state index contributed by atoms with van der Waals surface area (Å²) in [5, 5.41) is 4.13. The molecular weight excluding hydrogens is 544 g/mol. The van der Waals surface area contributed by atoms with Crippen molar-refractivity contribution in [1.82, 2.24) is 10.2 Å². The fraction of sp³-hybridized carbons (Fsp3) is 0.632. The van der Waals surface area contributed by atoms with E-state index in [-0.39, 0.29) is 24.0 Å². The Morgan fingerprint density at radius 3 is 2.70 bits per heavy atom. The zero-order valence-electron chi connectivity index (χ0n) is 16.0. The van der Waals surface area contributed by atoms with Crippen molar-refractivity contribution in [3.05, 3.63) is 33.3 Å². The summed E-state index contributed by atoms with van der Waals surface area (Å²) < 4.78 is 12.0. The molecule has 0 aliphatic carbocycles. The first-order chi connectivity index (χ1) is 12.6. The summed E-state index contributed by atoms with van der Waals surface area (Å²) in [7, 11) is 1.72.